The summed E-state index contributed by atoms with van der Waals surface area (Å²) < 4.78 is 31.5. The van der Waals surface area contributed by atoms with E-state index < -0.39 is 9.84 Å². The van der Waals surface area contributed by atoms with Gasteiger partial charge in [-0.25, -0.2) is 13.4 Å². The molecule has 2 rings (SSSR count). The number of hydrogen-bond donors (Lipinski definition) is 0. The van der Waals surface area contributed by atoms with Crippen LogP contribution in [0.1, 0.15) is 25.7 Å². The maximum Gasteiger partial charge on any atom is 0.178 e. The summed E-state index contributed by atoms with van der Waals surface area (Å²) in [4.78, 5) is 4.36. The molecule has 0 aliphatic rings. The van der Waals surface area contributed by atoms with Gasteiger partial charge in [-0.3, -0.25) is 0 Å². The first-order valence-electron chi connectivity index (χ1n) is 7.44. The largest absolute Gasteiger partial charge is 0.497 e. The van der Waals surface area contributed by atoms with Crippen LogP contribution in [0.25, 0.3) is 0 Å². The van der Waals surface area contributed by atoms with Crippen molar-refractivity contribution in [1.82, 2.24) is 9.55 Å². The maximum atomic E-state index is 12.2. The lowest BCUT2D eigenvalue weighted by molar-refractivity contribution is 0.414. The molecule has 0 aliphatic carbocycles. The Morgan fingerprint density at radius 1 is 1.09 bits per heavy atom. The van der Waals surface area contributed by atoms with Gasteiger partial charge in [0.05, 0.1) is 24.1 Å². The molecule has 1 aromatic heterocycles. The van der Waals surface area contributed by atoms with Crippen LogP contribution in [0.3, 0.4) is 0 Å². The van der Waals surface area contributed by atoms with Crippen molar-refractivity contribution in [2.75, 3.05) is 12.9 Å². The van der Waals surface area contributed by atoms with Crippen LogP contribution in [0.4, 0.5) is 0 Å². The number of methoxy groups -OCH3 is 1. The van der Waals surface area contributed by atoms with Gasteiger partial charge in [0, 0.05) is 18.9 Å². The molecule has 0 amide bonds. The minimum Gasteiger partial charge on any atom is -0.497 e. The zero-order valence-corrected chi connectivity index (χ0v) is 13.6. The van der Waals surface area contributed by atoms with E-state index in [1.165, 1.54) is 0 Å². The predicted molar refractivity (Wildman–Crippen MR) is 85.7 cm³/mol. The van der Waals surface area contributed by atoms with Crippen LogP contribution >= 0.6 is 0 Å². The third-order valence-corrected chi connectivity index (χ3v) is 5.37. The second-order valence-corrected chi connectivity index (χ2v) is 7.32. The molecule has 0 aliphatic heterocycles. The minimum absolute atomic E-state index is 0.199. The zero-order valence-electron chi connectivity index (χ0n) is 12.8. The molecular weight excluding hydrogens is 300 g/mol. The first-order chi connectivity index (χ1) is 10.6. The van der Waals surface area contributed by atoms with Crippen molar-refractivity contribution < 1.29 is 13.2 Å². The zero-order chi connectivity index (χ0) is 15.8. The van der Waals surface area contributed by atoms with E-state index in [1.807, 2.05) is 10.8 Å². The number of rotatable bonds is 9. The summed E-state index contributed by atoms with van der Waals surface area (Å²) in [6, 6.07) is 6.57. The summed E-state index contributed by atoms with van der Waals surface area (Å²) in [5, 5.41) is 0. The molecule has 0 saturated carbocycles. The van der Waals surface area contributed by atoms with Crippen LogP contribution in [0.15, 0.2) is 47.9 Å². The fourth-order valence-electron chi connectivity index (χ4n) is 2.26. The molecule has 0 unspecified atom stereocenters. The van der Waals surface area contributed by atoms with Gasteiger partial charge < -0.3 is 9.30 Å². The molecule has 0 spiro atoms. The summed E-state index contributed by atoms with van der Waals surface area (Å²) in [5.74, 6) is 0.864. The van der Waals surface area contributed by atoms with Crippen molar-refractivity contribution in [1.29, 1.82) is 0 Å². The third-order valence-electron chi connectivity index (χ3n) is 3.56. The minimum atomic E-state index is -3.19. The number of benzene rings is 1. The molecular formula is C16H22N2O3S. The van der Waals surface area contributed by atoms with Crippen LogP contribution in [0.2, 0.25) is 0 Å². The Hall–Kier alpha value is -1.82. The fraction of sp³-hybridized carbons (Fsp3) is 0.438. The van der Waals surface area contributed by atoms with Crippen LogP contribution in [0.5, 0.6) is 5.75 Å². The van der Waals surface area contributed by atoms with Crippen molar-refractivity contribution in [2.45, 2.75) is 37.1 Å². The van der Waals surface area contributed by atoms with Crippen molar-refractivity contribution in [2.24, 2.45) is 0 Å². The number of nitrogens with zero attached hydrogens (tertiary/aromatic N) is 2. The molecule has 0 bridgehead atoms. The van der Waals surface area contributed by atoms with Gasteiger partial charge in [0.1, 0.15) is 5.75 Å². The van der Waals surface area contributed by atoms with Crippen LogP contribution < -0.4 is 4.74 Å². The first-order valence-corrected chi connectivity index (χ1v) is 9.09. The Morgan fingerprint density at radius 3 is 2.45 bits per heavy atom. The molecule has 0 atom stereocenters. The topological polar surface area (TPSA) is 61.2 Å². The Kier molecular flexibility index (Phi) is 6.00. The average molecular weight is 322 g/mol. The second kappa shape index (κ2) is 7.98. The first kappa shape index (κ1) is 16.5. The molecule has 2 aromatic rings. The summed E-state index contributed by atoms with van der Waals surface area (Å²) in [5.41, 5.74) is 0. The molecule has 0 N–H and O–H groups in total. The normalized spacial score (nSPS) is 11.5. The summed E-state index contributed by atoms with van der Waals surface area (Å²) in [6.07, 6.45) is 9.18. The number of ether oxygens (including phenoxy) is 1. The van der Waals surface area contributed by atoms with Crippen molar-refractivity contribution in [3.8, 4) is 5.75 Å². The Bertz CT molecular complexity index is 649. The molecule has 1 aromatic carbocycles. The molecule has 0 radical (unpaired) electrons. The number of hydrogen-bond acceptors (Lipinski definition) is 4. The summed E-state index contributed by atoms with van der Waals surface area (Å²) in [6.45, 7) is 0.936. The van der Waals surface area contributed by atoms with E-state index >= 15 is 0 Å². The lowest BCUT2D eigenvalue weighted by Gasteiger charge is -2.06. The van der Waals surface area contributed by atoms with Crippen LogP contribution in [0, 0.1) is 0 Å². The van der Waals surface area contributed by atoms with Gasteiger partial charge in [0.25, 0.3) is 0 Å². The third kappa shape index (κ3) is 4.87. The van der Waals surface area contributed by atoms with Gasteiger partial charge in [-0.2, -0.15) is 0 Å². The molecule has 120 valence electrons. The lowest BCUT2D eigenvalue weighted by Crippen LogP contribution is -2.07. The second-order valence-electron chi connectivity index (χ2n) is 5.21. The van der Waals surface area contributed by atoms with Crippen LogP contribution in [-0.2, 0) is 16.4 Å². The summed E-state index contributed by atoms with van der Waals surface area (Å²) >= 11 is 0. The number of imidazole rings is 1. The van der Waals surface area contributed by atoms with Crippen molar-refractivity contribution in [3.05, 3.63) is 43.0 Å². The van der Waals surface area contributed by atoms with E-state index in [1.54, 1.807) is 43.9 Å². The molecule has 0 fully saturated rings. The Labute approximate surface area is 131 Å². The van der Waals surface area contributed by atoms with E-state index in [0.717, 1.165) is 25.8 Å². The van der Waals surface area contributed by atoms with Crippen molar-refractivity contribution in [3.63, 3.8) is 0 Å². The maximum absolute atomic E-state index is 12.2. The standard InChI is InChI=1S/C16H22N2O3S/c1-21-15-6-8-16(9-7-15)22(19,20)13-5-3-2-4-11-18-12-10-17-14-18/h6-10,12,14H,2-5,11,13H2,1H3. The fourth-order valence-corrected chi connectivity index (χ4v) is 3.63. The van der Waals surface area contributed by atoms with E-state index in [4.69, 9.17) is 4.74 Å². The van der Waals surface area contributed by atoms with Gasteiger partial charge in [-0.05, 0) is 37.1 Å². The smallest absolute Gasteiger partial charge is 0.178 e. The van der Waals surface area contributed by atoms with Gasteiger partial charge in [0.2, 0.25) is 0 Å². The summed E-state index contributed by atoms with van der Waals surface area (Å²) in [7, 11) is -1.62. The highest BCUT2D eigenvalue weighted by atomic mass is 32.2. The van der Waals surface area contributed by atoms with E-state index in [9.17, 15) is 8.42 Å². The molecule has 5 nitrogen and oxygen atoms in total. The van der Waals surface area contributed by atoms with E-state index in [-0.39, 0.29) is 5.75 Å². The highest BCUT2D eigenvalue weighted by molar-refractivity contribution is 7.91. The van der Waals surface area contributed by atoms with Gasteiger partial charge in [-0.15, -0.1) is 0 Å². The number of sulfone groups is 1. The highest BCUT2D eigenvalue weighted by Gasteiger charge is 2.13. The van der Waals surface area contributed by atoms with Gasteiger partial charge in [0.15, 0.2) is 9.84 Å². The van der Waals surface area contributed by atoms with Gasteiger partial charge >= 0.3 is 0 Å². The number of aromatic nitrogens is 2. The predicted octanol–water partition coefficient (Wildman–Crippen LogP) is 2.93. The molecule has 0 saturated heterocycles. The van der Waals surface area contributed by atoms with Crippen molar-refractivity contribution >= 4 is 9.84 Å². The molecule has 6 heteroatoms. The highest BCUT2D eigenvalue weighted by Crippen LogP contribution is 2.18. The van der Waals surface area contributed by atoms with Crippen LogP contribution in [-0.4, -0.2) is 30.8 Å². The van der Waals surface area contributed by atoms with E-state index in [2.05, 4.69) is 4.98 Å². The Morgan fingerprint density at radius 2 is 1.82 bits per heavy atom. The molecule has 22 heavy (non-hydrogen) atoms. The number of aryl methyl sites for hydroxylation is 1. The quantitative estimate of drug-likeness (QED) is 0.666. The monoisotopic (exact) mass is 322 g/mol. The lowest BCUT2D eigenvalue weighted by atomic mass is 10.2. The molecule has 1 heterocycles. The average Bonchev–Trinajstić information content (AvgIpc) is 3.04. The number of unbranched alkanes of at least 4 members (excludes halogenated alkanes) is 3. The van der Waals surface area contributed by atoms with E-state index in [0.29, 0.717) is 17.1 Å². The Balaban J connectivity index is 1.70. The SMILES string of the molecule is COc1ccc(S(=O)(=O)CCCCCCn2ccnc2)cc1. The van der Waals surface area contributed by atoms with Gasteiger partial charge in [-0.1, -0.05) is 12.8 Å².